The molecule has 0 amide bonds. The van der Waals surface area contributed by atoms with Crippen molar-refractivity contribution in [3.05, 3.63) is 41.9 Å². The van der Waals surface area contributed by atoms with Gasteiger partial charge in [-0.25, -0.2) is 19.5 Å². The molecular formula is C21H24ClN6O8P. The highest BCUT2D eigenvalue weighted by Crippen LogP contribution is 2.51. The van der Waals surface area contributed by atoms with Crippen molar-refractivity contribution in [3.63, 3.8) is 0 Å². The van der Waals surface area contributed by atoms with E-state index in [1.54, 1.807) is 16.7 Å². The van der Waals surface area contributed by atoms with Crippen molar-refractivity contribution in [3.8, 4) is 5.75 Å². The largest absolute Gasteiger partial charge is 0.468 e. The van der Waals surface area contributed by atoms with Crippen LogP contribution in [0.15, 0.2) is 36.9 Å². The van der Waals surface area contributed by atoms with E-state index in [2.05, 4.69) is 20.0 Å². The number of aromatic nitrogens is 4. The summed E-state index contributed by atoms with van der Waals surface area (Å²) in [6.45, 7) is 0.984. The monoisotopic (exact) mass is 554 g/mol. The standard InChI is InChI=1S/C21H24ClN6O8P/c1-11(20(30)32-2)27-37(31,36-13-5-3-12(22)4-6-13)34-8-21-7-33-15(16(21)29)19(35-21)28-10-26-14-17(23)24-9-25-18(14)28/h3-6,9-11,15-16,19,29H,7-8H2,1-2H3,(H,27,31)(H2,23,24,25)/t11-,15+,16-,19+,21+,37?/m0/s1. The number of nitrogens with two attached hydrogens (primary N) is 1. The number of carbonyl (C=O) groups is 1. The van der Waals surface area contributed by atoms with Gasteiger partial charge in [-0.3, -0.25) is 13.9 Å². The summed E-state index contributed by atoms with van der Waals surface area (Å²) >= 11 is 5.92. The van der Waals surface area contributed by atoms with E-state index in [1.807, 2.05) is 0 Å². The Kier molecular flexibility index (Phi) is 6.83. The molecular weight excluding hydrogens is 531 g/mol. The molecule has 14 nitrogen and oxygen atoms in total. The summed E-state index contributed by atoms with van der Waals surface area (Å²) in [6, 6.07) is 5.02. The third kappa shape index (κ3) is 4.77. The molecule has 37 heavy (non-hydrogen) atoms. The summed E-state index contributed by atoms with van der Waals surface area (Å²) in [5.41, 5.74) is 5.23. The van der Waals surface area contributed by atoms with Crippen LogP contribution in [-0.2, 0) is 28.1 Å². The molecule has 3 aromatic rings. The molecule has 0 aliphatic carbocycles. The van der Waals surface area contributed by atoms with Crippen LogP contribution in [0.1, 0.15) is 13.2 Å². The average Bonchev–Trinajstić information content (AvgIpc) is 3.54. The number of imidazole rings is 1. The van der Waals surface area contributed by atoms with Gasteiger partial charge in [0.15, 0.2) is 17.7 Å². The van der Waals surface area contributed by atoms with Gasteiger partial charge in [0.2, 0.25) is 0 Å². The van der Waals surface area contributed by atoms with Crippen LogP contribution < -0.4 is 15.3 Å². The molecule has 5 rings (SSSR count). The number of nitrogens with one attached hydrogen (secondary N) is 1. The SMILES string of the molecule is COC(=O)[C@H](C)NP(=O)(OC[C@@]12CO[C@@H]([C@H](n3cnc4c(N)ncnc43)O1)[C@@H]2O)Oc1ccc(Cl)cc1. The van der Waals surface area contributed by atoms with Crippen LogP contribution in [0, 0.1) is 0 Å². The highest BCUT2D eigenvalue weighted by Gasteiger charge is 2.63. The van der Waals surface area contributed by atoms with Crippen molar-refractivity contribution in [1.29, 1.82) is 0 Å². The van der Waals surface area contributed by atoms with Gasteiger partial charge >= 0.3 is 13.7 Å². The van der Waals surface area contributed by atoms with Crippen molar-refractivity contribution in [1.82, 2.24) is 24.6 Å². The third-order valence-corrected chi connectivity index (χ3v) is 7.97. The molecule has 198 valence electrons. The Balaban J connectivity index is 1.38. The number of nitrogen functional groups attached to an aromatic ring is 1. The van der Waals surface area contributed by atoms with Crippen molar-refractivity contribution in [2.45, 2.75) is 37.0 Å². The fraction of sp³-hybridized carbons (Fsp3) is 0.429. The number of rotatable bonds is 9. The normalized spacial score (nSPS) is 27.2. The highest BCUT2D eigenvalue weighted by atomic mass is 35.5. The Labute approximate surface area is 215 Å². The number of benzene rings is 1. The number of esters is 1. The maximum absolute atomic E-state index is 13.7. The lowest BCUT2D eigenvalue weighted by atomic mass is 10.0. The number of aliphatic hydroxyl groups is 1. The molecule has 2 aliphatic rings. The van der Waals surface area contributed by atoms with Gasteiger partial charge in [0.05, 0.1) is 26.7 Å². The van der Waals surface area contributed by atoms with Gasteiger partial charge in [-0.1, -0.05) is 11.6 Å². The molecule has 4 heterocycles. The number of nitrogens with zero attached hydrogens (tertiary/aromatic N) is 4. The first-order valence-corrected chi connectivity index (χ1v) is 13.0. The van der Waals surface area contributed by atoms with E-state index in [1.165, 1.54) is 38.8 Å². The van der Waals surface area contributed by atoms with E-state index in [4.69, 9.17) is 40.6 Å². The molecule has 1 aromatic carbocycles. The summed E-state index contributed by atoms with van der Waals surface area (Å²) in [7, 11) is -3.02. The lowest BCUT2D eigenvalue weighted by molar-refractivity contribution is -0.183. The van der Waals surface area contributed by atoms with Gasteiger partial charge in [0, 0.05) is 5.02 Å². The fourth-order valence-electron chi connectivity index (χ4n) is 4.18. The first-order valence-electron chi connectivity index (χ1n) is 11.1. The molecule has 2 saturated heterocycles. The molecule has 2 bridgehead atoms. The number of halogens is 1. The zero-order chi connectivity index (χ0) is 26.4. The minimum atomic E-state index is -4.22. The van der Waals surface area contributed by atoms with E-state index in [0.29, 0.717) is 16.2 Å². The molecule has 4 N–H and O–H groups in total. The van der Waals surface area contributed by atoms with Crippen LogP contribution in [0.4, 0.5) is 5.82 Å². The van der Waals surface area contributed by atoms with Gasteiger partial charge in [-0.15, -0.1) is 0 Å². The zero-order valence-electron chi connectivity index (χ0n) is 19.7. The van der Waals surface area contributed by atoms with Crippen LogP contribution in [0.5, 0.6) is 5.75 Å². The summed E-state index contributed by atoms with van der Waals surface area (Å²) in [5, 5.41) is 14.0. The number of methoxy groups -OCH3 is 1. The number of hydrogen-bond donors (Lipinski definition) is 3. The number of aliphatic hydroxyl groups excluding tert-OH is 1. The predicted molar refractivity (Wildman–Crippen MR) is 129 cm³/mol. The molecule has 2 aliphatic heterocycles. The molecule has 0 saturated carbocycles. The van der Waals surface area contributed by atoms with Gasteiger partial charge in [0.1, 0.15) is 41.4 Å². The maximum Gasteiger partial charge on any atom is 0.459 e. The van der Waals surface area contributed by atoms with Crippen molar-refractivity contribution < 1.29 is 37.7 Å². The average molecular weight is 555 g/mol. The second kappa shape index (κ2) is 9.80. The topological polar surface area (TPSA) is 182 Å². The van der Waals surface area contributed by atoms with Crippen molar-refractivity contribution in [2.24, 2.45) is 0 Å². The second-order valence-corrected chi connectivity index (χ2v) is 10.7. The van der Waals surface area contributed by atoms with Crippen molar-refractivity contribution in [2.75, 3.05) is 26.1 Å². The highest BCUT2D eigenvalue weighted by molar-refractivity contribution is 7.52. The second-order valence-electron chi connectivity index (χ2n) is 8.57. The van der Waals surface area contributed by atoms with Gasteiger partial charge < -0.3 is 29.6 Å². The summed E-state index contributed by atoms with van der Waals surface area (Å²) in [5.74, 6) is -0.322. The first kappa shape index (κ1) is 25.8. The summed E-state index contributed by atoms with van der Waals surface area (Å²) < 4.78 is 43.3. The molecule has 16 heteroatoms. The van der Waals surface area contributed by atoms with Crippen LogP contribution >= 0.6 is 19.3 Å². The minimum Gasteiger partial charge on any atom is -0.468 e. The molecule has 2 aromatic heterocycles. The Morgan fingerprint density at radius 3 is 2.86 bits per heavy atom. The van der Waals surface area contributed by atoms with Gasteiger partial charge in [-0.05, 0) is 31.2 Å². The van der Waals surface area contributed by atoms with E-state index < -0.39 is 50.4 Å². The quantitative estimate of drug-likeness (QED) is 0.255. The Morgan fingerprint density at radius 1 is 1.38 bits per heavy atom. The minimum absolute atomic E-state index is 0.0490. The van der Waals surface area contributed by atoms with E-state index in [0.717, 1.165) is 0 Å². The molecule has 2 fully saturated rings. The lowest BCUT2D eigenvalue weighted by Crippen LogP contribution is -2.45. The van der Waals surface area contributed by atoms with Crippen LogP contribution in [-0.4, -0.2) is 74.8 Å². The number of anilines is 1. The first-order chi connectivity index (χ1) is 17.6. The number of carbonyl (C=O) groups excluding carboxylic acids is 1. The van der Waals surface area contributed by atoms with Crippen LogP contribution in [0.2, 0.25) is 5.02 Å². The molecule has 0 radical (unpaired) electrons. The predicted octanol–water partition coefficient (Wildman–Crippen LogP) is 1.44. The van der Waals surface area contributed by atoms with Crippen LogP contribution in [0.25, 0.3) is 11.2 Å². The van der Waals surface area contributed by atoms with E-state index in [-0.39, 0.29) is 18.2 Å². The van der Waals surface area contributed by atoms with Gasteiger partial charge in [-0.2, -0.15) is 5.09 Å². The van der Waals surface area contributed by atoms with Crippen LogP contribution in [0.3, 0.4) is 0 Å². The number of hydrogen-bond acceptors (Lipinski definition) is 12. The fourth-order valence-corrected chi connectivity index (χ4v) is 5.85. The molecule has 1 unspecified atom stereocenters. The zero-order valence-corrected chi connectivity index (χ0v) is 21.3. The summed E-state index contributed by atoms with van der Waals surface area (Å²) in [6.07, 6.45) is -0.0329. The van der Waals surface area contributed by atoms with Gasteiger partial charge in [0.25, 0.3) is 0 Å². The Hall–Kier alpha value is -2.84. The Morgan fingerprint density at radius 2 is 2.14 bits per heavy atom. The number of fused-ring (bicyclic) bond motifs is 3. The molecule has 6 atom stereocenters. The maximum atomic E-state index is 13.7. The smallest absolute Gasteiger partial charge is 0.459 e. The lowest BCUT2D eigenvalue weighted by Gasteiger charge is -2.32. The van der Waals surface area contributed by atoms with Crippen molar-refractivity contribution >= 4 is 42.3 Å². The van der Waals surface area contributed by atoms with E-state index >= 15 is 0 Å². The summed E-state index contributed by atoms with van der Waals surface area (Å²) in [4.78, 5) is 24.3. The molecule has 0 spiro atoms. The third-order valence-electron chi connectivity index (χ3n) is 6.09. The number of ether oxygens (including phenoxy) is 3. The Bertz CT molecular complexity index is 1360. The van der Waals surface area contributed by atoms with E-state index in [9.17, 15) is 14.5 Å².